The van der Waals surface area contributed by atoms with Crippen LogP contribution in [0, 0.1) is 0 Å². The van der Waals surface area contributed by atoms with Gasteiger partial charge in [0.1, 0.15) is 0 Å². The number of rotatable bonds is 7. The summed E-state index contributed by atoms with van der Waals surface area (Å²) in [5.41, 5.74) is 1.09. The fourth-order valence-electron chi connectivity index (χ4n) is 4.75. The fourth-order valence-corrected chi connectivity index (χ4v) is 6.17. The topological polar surface area (TPSA) is 99.8 Å². The normalized spacial score (nSPS) is 18.8. The molecular formula is C26H39N5O4S. The molecule has 1 aromatic carbocycles. The van der Waals surface area contributed by atoms with Crippen molar-refractivity contribution in [1.29, 1.82) is 0 Å². The number of sulfonamides is 1. The third-order valence-electron chi connectivity index (χ3n) is 7.08. The molecule has 0 unspecified atom stereocenters. The lowest BCUT2D eigenvalue weighted by Gasteiger charge is -2.33. The standard InChI is InChI=1S/C26H39N5O4S/c1-26(2,3)21-8-10-22(11-9-21)36(33,34)31-18-16-29(17-19-31)20-23-27-24(35-28-23)12-13-25(32)30-14-6-4-5-7-15-30/h8-11H,4-7,12-20H2,1-3H3. The van der Waals surface area contributed by atoms with Crippen molar-refractivity contribution in [3.8, 4) is 0 Å². The van der Waals surface area contributed by atoms with Crippen molar-refractivity contribution in [1.82, 2.24) is 24.2 Å². The van der Waals surface area contributed by atoms with Crippen LogP contribution in [0.1, 0.15) is 70.2 Å². The van der Waals surface area contributed by atoms with Gasteiger partial charge in [0, 0.05) is 52.1 Å². The minimum Gasteiger partial charge on any atom is -0.343 e. The molecule has 0 spiro atoms. The summed E-state index contributed by atoms with van der Waals surface area (Å²) >= 11 is 0. The third kappa shape index (κ3) is 6.72. The van der Waals surface area contributed by atoms with Crippen LogP contribution >= 0.6 is 0 Å². The Morgan fingerprint density at radius 2 is 1.58 bits per heavy atom. The summed E-state index contributed by atoms with van der Waals surface area (Å²) in [7, 11) is -3.52. The van der Waals surface area contributed by atoms with Crippen LogP contribution in [0.15, 0.2) is 33.7 Å². The van der Waals surface area contributed by atoms with E-state index in [1.165, 1.54) is 12.8 Å². The summed E-state index contributed by atoms with van der Waals surface area (Å²) in [5.74, 6) is 1.21. The summed E-state index contributed by atoms with van der Waals surface area (Å²) in [6, 6.07) is 7.22. The smallest absolute Gasteiger partial charge is 0.243 e. The zero-order valence-corrected chi connectivity index (χ0v) is 22.6. The third-order valence-corrected chi connectivity index (χ3v) is 8.99. The Morgan fingerprint density at radius 1 is 0.944 bits per heavy atom. The quantitative estimate of drug-likeness (QED) is 0.556. The van der Waals surface area contributed by atoms with Crippen LogP contribution in [-0.4, -0.2) is 77.8 Å². The largest absolute Gasteiger partial charge is 0.343 e. The van der Waals surface area contributed by atoms with Crippen molar-refractivity contribution in [3.05, 3.63) is 41.5 Å². The molecule has 3 heterocycles. The molecule has 9 nitrogen and oxygen atoms in total. The molecule has 4 rings (SSSR count). The number of amides is 1. The van der Waals surface area contributed by atoms with Gasteiger partial charge >= 0.3 is 0 Å². The van der Waals surface area contributed by atoms with Crippen LogP contribution in [0.3, 0.4) is 0 Å². The van der Waals surface area contributed by atoms with E-state index in [4.69, 9.17) is 4.52 Å². The van der Waals surface area contributed by atoms with Crippen LogP contribution in [0.2, 0.25) is 0 Å². The van der Waals surface area contributed by atoms with E-state index in [0.29, 0.717) is 62.2 Å². The summed E-state index contributed by atoms with van der Waals surface area (Å²) < 4.78 is 33.1. The van der Waals surface area contributed by atoms with Crippen molar-refractivity contribution in [2.24, 2.45) is 0 Å². The summed E-state index contributed by atoms with van der Waals surface area (Å²) in [5, 5.41) is 4.07. The first-order valence-electron chi connectivity index (χ1n) is 13.1. The summed E-state index contributed by atoms with van der Waals surface area (Å²) in [6.45, 7) is 10.5. The lowest BCUT2D eigenvalue weighted by molar-refractivity contribution is -0.131. The molecule has 36 heavy (non-hydrogen) atoms. The number of likely N-dealkylation sites (tertiary alicyclic amines) is 1. The van der Waals surface area contributed by atoms with Gasteiger partial charge < -0.3 is 9.42 Å². The van der Waals surface area contributed by atoms with E-state index < -0.39 is 10.0 Å². The molecule has 10 heteroatoms. The Hall–Kier alpha value is -2.30. The molecule has 0 aliphatic carbocycles. The number of benzene rings is 1. The average molecular weight is 518 g/mol. The SMILES string of the molecule is CC(C)(C)c1ccc(S(=O)(=O)N2CCN(Cc3noc(CCC(=O)N4CCCCCC4)n3)CC2)cc1. The van der Waals surface area contributed by atoms with Gasteiger partial charge in [-0.05, 0) is 36.0 Å². The zero-order valence-electron chi connectivity index (χ0n) is 21.8. The first-order chi connectivity index (χ1) is 17.1. The molecular weight excluding hydrogens is 478 g/mol. The molecule has 2 saturated heterocycles. The van der Waals surface area contributed by atoms with E-state index in [-0.39, 0.29) is 11.3 Å². The molecule has 2 aliphatic heterocycles. The van der Waals surface area contributed by atoms with Crippen molar-refractivity contribution in [2.75, 3.05) is 39.3 Å². The molecule has 0 saturated carbocycles. The number of nitrogens with zero attached hydrogens (tertiary/aromatic N) is 5. The van der Waals surface area contributed by atoms with Crippen LogP contribution in [0.4, 0.5) is 0 Å². The molecule has 0 bridgehead atoms. The van der Waals surface area contributed by atoms with E-state index in [1.54, 1.807) is 16.4 Å². The van der Waals surface area contributed by atoms with Crippen LogP contribution in [0.25, 0.3) is 0 Å². The maximum atomic E-state index is 13.1. The molecule has 1 amide bonds. The monoisotopic (exact) mass is 517 g/mol. The molecule has 1 aromatic heterocycles. The van der Waals surface area contributed by atoms with Gasteiger partial charge in [0.15, 0.2) is 5.82 Å². The lowest BCUT2D eigenvalue weighted by atomic mass is 9.87. The summed E-state index contributed by atoms with van der Waals surface area (Å²) in [4.78, 5) is 21.4. The van der Waals surface area contributed by atoms with Gasteiger partial charge in [-0.3, -0.25) is 9.69 Å². The minimum absolute atomic E-state index is 0.0226. The fraction of sp³-hybridized carbons (Fsp3) is 0.654. The van der Waals surface area contributed by atoms with E-state index in [0.717, 1.165) is 31.5 Å². The molecule has 2 aliphatic rings. The molecule has 2 aromatic rings. The number of hydrogen-bond donors (Lipinski definition) is 0. The van der Waals surface area contributed by atoms with Crippen molar-refractivity contribution in [3.63, 3.8) is 0 Å². The Labute approximate surface area is 214 Å². The Morgan fingerprint density at radius 3 is 2.19 bits per heavy atom. The molecule has 0 radical (unpaired) electrons. The number of aryl methyl sites for hydroxylation is 1. The van der Waals surface area contributed by atoms with E-state index in [9.17, 15) is 13.2 Å². The van der Waals surface area contributed by atoms with Crippen LogP contribution in [0.5, 0.6) is 0 Å². The highest BCUT2D eigenvalue weighted by molar-refractivity contribution is 7.89. The van der Waals surface area contributed by atoms with Crippen molar-refractivity contribution >= 4 is 15.9 Å². The number of aromatic nitrogens is 2. The maximum absolute atomic E-state index is 13.1. The second-order valence-corrected chi connectivity index (χ2v) is 12.8. The Balaban J connectivity index is 1.25. The van der Waals surface area contributed by atoms with Gasteiger partial charge in [-0.1, -0.05) is 50.9 Å². The van der Waals surface area contributed by atoms with Gasteiger partial charge in [0.2, 0.25) is 21.8 Å². The Kier molecular flexibility index (Phi) is 8.47. The highest BCUT2D eigenvalue weighted by Gasteiger charge is 2.29. The number of piperazine rings is 1. The van der Waals surface area contributed by atoms with E-state index in [2.05, 4.69) is 35.8 Å². The van der Waals surface area contributed by atoms with Gasteiger partial charge in [-0.15, -0.1) is 0 Å². The second kappa shape index (κ2) is 11.4. The van der Waals surface area contributed by atoms with E-state index >= 15 is 0 Å². The first-order valence-corrected chi connectivity index (χ1v) is 14.5. The van der Waals surface area contributed by atoms with Gasteiger partial charge in [0.25, 0.3) is 0 Å². The summed E-state index contributed by atoms with van der Waals surface area (Å²) in [6.07, 6.45) is 5.38. The molecule has 0 N–H and O–H groups in total. The number of carbonyl (C=O) groups is 1. The van der Waals surface area contributed by atoms with Crippen molar-refractivity contribution in [2.45, 2.75) is 76.2 Å². The first kappa shape index (κ1) is 26.8. The maximum Gasteiger partial charge on any atom is 0.243 e. The second-order valence-electron chi connectivity index (χ2n) is 10.9. The predicted octanol–water partition coefficient (Wildman–Crippen LogP) is 3.21. The molecule has 2 fully saturated rings. The molecule has 0 atom stereocenters. The van der Waals surface area contributed by atoms with Gasteiger partial charge in [-0.2, -0.15) is 9.29 Å². The number of carbonyl (C=O) groups excluding carboxylic acids is 1. The lowest BCUT2D eigenvalue weighted by Crippen LogP contribution is -2.48. The van der Waals surface area contributed by atoms with Crippen LogP contribution < -0.4 is 0 Å². The minimum atomic E-state index is -3.52. The highest BCUT2D eigenvalue weighted by Crippen LogP contribution is 2.25. The Bertz CT molecular complexity index is 1110. The van der Waals surface area contributed by atoms with Gasteiger partial charge in [0.05, 0.1) is 11.4 Å². The van der Waals surface area contributed by atoms with Crippen molar-refractivity contribution < 1.29 is 17.7 Å². The average Bonchev–Trinajstić information content (AvgIpc) is 3.12. The number of hydrogen-bond acceptors (Lipinski definition) is 7. The zero-order chi connectivity index (χ0) is 25.8. The predicted molar refractivity (Wildman–Crippen MR) is 137 cm³/mol. The van der Waals surface area contributed by atoms with Crippen LogP contribution in [-0.2, 0) is 33.2 Å². The highest BCUT2D eigenvalue weighted by atomic mass is 32.2. The van der Waals surface area contributed by atoms with Gasteiger partial charge in [-0.25, -0.2) is 8.42 Å². The van der Waals surface area contributed by atoms with E-state index in [1.807, 2.05) is 17.0 Å². The molecule has 198 valence electrons.